The quantitative estimate of drug-likeness (QED) is 0.838. The predicted octanol–water partition coefficient (Wildman–Crippen LogP) is -0.0830. The average molecular weight is 336 g/mol. The van der Waals surface area contributed by atoms with E-state index in [1.165, 1.54) is 6.07 Å². The molecule has 124 valence electrons. The van der Waals surface area contributed by atoms with Gasteiger partial charge in [0.15, 0.2) is 0 Å². The van der Waals surface area contributed by atoms with Crippen molar-refractivity contribution < 1.29 is 8.42 Å². The van der Waals surface area contributed by atoms with Crippen LogP contribution in [0.15, 0.2) is 41.6 Å². The Bertz CT molecular complexity index is 774. The Morgan fingerprint density at radius 3 is 2.61 bits per heavy atom. The van der Waals surface area contributed by atoms with E-state index in [-0.39, 0.29) is 17.0 Å². The molecule has 1 aliphatic rings. The molecule has 2 heterocycles. The lowest BCUT2D eigenvalue weighted by Gasteiger charge is -2.24. The van der Waals surface area contributed by atoms with Crippen molar-refractivity contribution in [3.8, 4) is 0 Å². The summed E-state index contributed by atoms with van der Waals surface area (Å²) in [6.07, 6.45) is 3.48. The molecule has 2 aromatic rings. The van der Waals surface area contributed by atoms with E-state index in [4.69, 9.17) is 5.14 Å². The largest absolute Gasteiger partial charge is 0.367 e. The molecule has 23 heavy (non-hydrogen) atoms. The molecule has 0 unspecified atom stereocenters. The average Bonchev–Trinajstić information content (AvgIpc) is 3.15. The van der Waals surface area contributed by atoms with Crippen LogP contribution in [0, 0.1) is 0 Å². The van der Waals surface area contributed by atoms with Crippen molar-refractivity contribution in [2.75, 3.05) is 32.1 Å². The summed E-state index contributed by atoms with van der Waals surface area (Å²) in [4.78, 5) is 4.31. The second kappa shape index (κ2) is 5.91. The highest BCUT2D eigenvalue weighted by Crippen LogP contribution is 2.32. The Morgan fingerprint density at radius 1 is 1.26 bits per heavy atom. The Balaban J connectivity index is 1.97. The maximum Gasteiger partial charge on any atom is 0.240 e. The van der Waals surface area contributed by atoms with Gasteiger partial charge in [-0.3, -0.25) is 0 Å². The highest BCUT2D eigenvalue weighted by atomic mass is 32.2. The van der Waals surface area contributed by atoms with Gasteiger partial charge in [-0.2, -0.15) is 0 Å². The highest BCUT2D eigenvalue weighted by Gasteiger charge is 2.37. The highest BCUT2D eigenvalue weighted by molar-refractivity contribution is 7.89. The van der Waals surface area contributed by atoms with Crippen molar-refractivity contribution >= 4 is 15.7 Å². The number of anilines is 1. The zero-order valence-corrected chi connectivity index (χ0v) is 13.9. The van der Waals surface area contributed by atoms with E-state index in [9.17, 15) is 8.42 Å². The van der Waals surface area contributed by atoms with Gasteiger partial charge in [0.1, 0.15) is 4.90 Å². The number of nitrogens with zero attached hydrogens (tertiary/aromatic N) is 5. The van der Waals surface area contributed by atoms with Crippen LogP contribution in [-0.2, 0) is 10.0 Å². The topological polar surface area (TPSA) is 97.3 Å². The van der Waals surface area contributed by atoms with E-state index in [1.54, 1.807) is 18.3 Å². The van der Waals surface area contributed by atoms with Gasteiger partial charge in [-0.15, -0.1) is 5.10 Å². The summed E-state index contributed by atoms with van der Waals surface area (Å²) in [7, 11) is 0.237. The summed E-state index contributed by atoms with van der Waals surface area (Å²) in [5, 5.41) is 13.3. The van der Waals surface area contributed by atoms with E-state index < -0.39 is 10.0 Å². The molecule has 1 aromatic heterocycles. The summed E-state index contributed by atoms with van der Waals surface area (Å²) >= 11 is 0. The molecule has 3 rings (SSSR count). The van der Waals surface area contributed by atoms with E-state index in [0.29, 0.717) is 18.8 Å². The lowest BCUT2D eigenvalue weighted by molar-refractivity contribution is 0.243. The van der Waals surface area contributed by atoms with Crippen molar-refractivity contribution in [2.24, 2.45) is 5.14 Å². The first-order valence-electron chi connectivity index (χ1n) is 7.27. The van der Waals surface area contributed by atoms with Crippen LogP contribution in [0.3, 0.4) is 0 Å². The zero-order chi connectivity index (χ0) is 16.6. The Kier molecular flexibility index (Phi) is 4.09. The summed E-state index contributed by atoms with van der Waals surface area (Å²) in [5.41, 5.74) is 0.629. The molecule has 2 atom stereocenters. The molecular weight excluding hydrogens is 316 g/mol. The Hall–Kier alpha value is -1.97. The first kappa shape index (κ1) is 15.9. The third kappa shape index (κ3) is 3.07. The monoisotopic (exact) mass is 336 g/mol. The summed E-state index contributed by atoms with van der Waals surface area (Å²) in [6.45, 7) is 1.32. The number of likely N-dealkylation sites (N-methyl/N-ethyl adjacent to an activating group) is 1. The van der Waals surface area contributed by atoms with Gasteiger partial charge in [0.05, 0.1) is 24.0 Å². The molecule has 1 aromatic carbocycles. The van der Waals surface area contributed by atoms with Crippen molar-refractivity contribution in [2.45, 2.75) is 17.0 Å². The molecule has 0 saturated carbocycles. The molecule has 1 aliphatic heterocycles. The molecule has 0 amide bonds. The van der Waals surface area contributed by atoms with Crippen LogP contribution in [0.2, 0.25) is 0 Å². The first-order valence-corrected chi connectivity index (χ1v) is 8.81. The first-order chi connectivity index (χ1) is 10.9. The minimum Gasteiger partial charge on any atom is -0.367 e. The van der Waals surface area contributed by atoms with E-state index >= 15 is 0 Å². The minimum absolute atomic E-state index is 0.0843. The maximum atomic E-state index is 11.8. The normalized spacial score (nSPS) is 22.0. The van der Waals surface area contributed by atoms with Crippen LogP contribution < -0.4 is 10.0 Å². The number of hydrogen-bond donors (Lipinski definition) is 1. The molecule has 8 nitrogen and oxygen atoms in total. The molecule has 9 heteroatoms. The molecule has 1 saturated heterocycles. The number of aromatic nitrogens is 3. The molecule has 0 aliphatic carbocycles. The van der Waals surface area contributed by atoms with Gasteiger partial charge in [0.2, 0.25) is 10.0 Å². The Labute approximate surface area is 135 Å². The third-order valence-electron chi connectivity index (χ3n) is 4.22. The van der Waals surface area contributed by atoms with Gasteiger partial charge in [0, 0.05) is 19.3 Å². The molecule has 0 radical (unpaired) electrons. The smallest absolute Gasteiger partial charge is 0.240 e. The zero-order valence-electron chi connectivity index (χ0n) is 13.1. The number of primary sulfonamides is 1. The molecule has 0 spiro atoms. The fraction of sp³-hybridized carbons (Fsp3) is 0.429. The maximum absolute atomic E-state index is 11.8. The van der Waals surface area contributed by atoms with Crippen LogP contribution >= 0.6 is 0 Å². The summed E-state index contributed by atoms with van der Waals surface area (Å²) in [5.74, 6) is 0. The van der Waals surface area contributed by atoms with Gasteiger partial charge in [-0.25, -0.2) is 18.2 Å². The fourth-order valence-electron chi connectivity index (χ4n) is 3.09. The van der Waals surface area contributed by atoms with Gasteiger partial charge in [0.25, 0.3) is 0 Å². The van der Waals surface area contributed by atoms with Crippen molar-refractivity contribution in [3.05, 3.63) is 36.7 Å². The van der Waals surface area contributed by atoms with Gasteiger partial charge >= 0.3 is 0 Å². The predicted molar refractivity (Wildman–Crippen MR) is 86.6 cm³/mol. The SMILES string of the molecule is CN(C)[C@@H]1CN(c2ccccc2S(N)(=O)=O)C[C@@H]1n1ccnn1. The van der Waals surface area contributed by atoms with Crippen LogP contribution in [0.25, 0.3) is 0 Å². The molecular formula is C14H20N6O2S. The molecule has 0 bridgehead atoms. The van der Waals surface area contributed by atoms with Crippen molar-refractivity contribution in [1.29, 1.82) is 0 Å². The summed E-state index contributed by atoms with van der Waals surface area (Å²) in [6, 6.07) is 7.09. The number of para-hydroxylation sites is 1. The number of rotatable bonds is 4. The molecule has 1 fully saturated rings. The van der Waals surface area contributed by atoms with Crippen LogP contribution in [0.5, 0.6) is 0 Å². The second-order valence-corrected chi connectivity index (χ2v) is 7.43. The van der Waals surface area contributed by atoms with Crippen molar-refractivity contribution in [1.82, 2.24) is 19.9 Å². The van der Waals surface area contributed by atoms with Crippen LogP contribution in [0.4, 0.5) is 5.69 Å². The number of sulfonamides is 1. The number of nitrogens with two attached hydrogens (primary N) is 1. The van der Waals surface area contributed by atoms with Gasteiger partial charge in [-0.1, -0.05) is 17.3 Å². The second-order valence-electron chi connectivity index (χ2n) is 5.90. The third-order valence-corrected chi connectivity index (χ3v) is 5.17. The van der Waals surface area contributed by atoms with E-state index in [1.807, 2.05) is 35.9 Å². The Morgan fingerprint density at radius 2 is 2.00 bits per heavy atom. The van der Waals surface area contributed by atoms with Crippen LogP contribution in [-0.4, -0.2) is 61.5 Å². The van der Waals surface area contributed by atoms with E-state index in [2.05, 4.69) is 15.2 Å². The van der Waals surface area contributed by atoms with E-state index in [0.717, 1.165) is 0 Å². The standard InChI is InChI=1S/C14H20N6O2S/c1-18(2)12-9-19(10-13(12)20-8-7-16-17-20)11-5-3-4-6-14(11)23(15,21)22/h3-8,12-13H,9-10H2,1-2H3,(H2,15,21,22)/t12-,13+/m1/s1. The minimum atomic E-state index is -3.77. The van der Waals surface area contributed by atoms with Crippen molar-refractivity contribution in [3.63, 3.8) is 0 Å². The fourth-order valence-corrected chi connectivity index (χ4v) is 3.84. The lowest BCUT2D eigenvalue weighted by Crippen LogP contribution is -2.36. The molecule has 2 N–H and O–H groups in total. The van der Waals surface area contributed by atoms with Gasteiger partial charge < -0.3 is 9.80 Å². The van der Waals surface area contributed by atoms with Gasteiger partial charge in [-0.05, 0) is 26.2 Å². The summed E-state index contributed by atoms with van der Waals surface area (Å²) < 4.78 is 25.5. The number of hydrogen-bond acceptors (Lipinski definition) is 6. The van der Waals surface area contributed by atoms with Crippen LogP contribution in [0.1, 0.15) is 6.04 Å². The number of benzene rings is 1. The lowest BCUT2D eigenvalue weighted by atomic mass is 10.1.